The van der Waals surface area contributed by atoms with E-state index < -0.39 is 10.3 Å². The Morgan fingerprint density at radius 3 is 2.43 bits per heavy atom. The van der Waals surface area contributed by atoms with E-state index in [-0.39, 0.29) is 12.5 Å². The third-order valence-corrected chi connectivity index (χ3v) is 2.93. The fourth-order valence-electron chi connectivity index (χ4n) is 1.54. The van der Waals surface area contributed by atoms with Crippen LogP contribution in [0.5, 0.6) is 5.75 Å². The number of hydrogen-bond acceptors (Lipinski definition) is 4. The van der Waals surface area contributed by atoms with Crippen molar-refractivity contribution >= 4 is 33.5 Å². The first-order valence-electron chi connectivity index (χ1n) is 6.74. The van der Waals surface area contributed by atoms with E-state index in [4.69, 9.17) is 9.47 Å². The van der Waals surface area contributed by atoms with Gasteiger partial charge in [-0.3, -0.25) is 4.79 Å². The predicted molar refractivity (Wildman–Crippen MR) is 85.2 cm³/mol. The lowest BCUT2D eigenvalue weighted by Gasteiger charge is -2.17. The molecule has 0 aliphatic rings. The molecule has 0 aliphatic carbocycles. The van der Waals surface area contributed by atoms with Crippen LogP contribution in [0, 0.1) is 0 Å². The van der Waals surface area contributed by atoms with Crippen molar-refractivity contribution in [2.75, 3.05) is 18.5 Å². The van der Waals surface area contributed by atoms with Gasteiger partial charge in [0.05, 0.1) is 17.5 Å². The van der Waals surface area contributed by atoms with Crippen molar-refractivity contribution in [2.24, 2.45) is 0 Å². The average Bonchev–Trinajstić information content (AvgIpc) is 2.39. The van der Waals surface area contributed by atoms with Gasteiger partial charge in [-0.1, -0.05) is 15.9 Å². The lowest BCUT2D eigenvalue weighted by Crippen LogP contribution is -2.31. The van der Waals surface area contributed by atoms with E-state index in [1.807, 2.05) is 6.92 Å². The van der Waals surface area contributed by atoms with Crippen molar-refractivity contribution in [3.05, 3.63) is 23.8 Å². The Kier molecular flexibility index (Phi) is 6.20. The third-order valence-electron chi connectivity index (χ3n) is 2.57. The average molecular weight is 358 g/mol. The van der Waals surface area contributed by atoms with Crippen LogP contribution in [0.4, 0.5) is 5.69 Å². The molecular weight excluding hydrogens is 338 g/mol. The number of alkyl halides is 1. The molecule has 5 nitrogen and oxygen atoms in total. The number of carbonyl (C=O) groups is 2. The van der Waals surface area contributed by atoms with Gasteiger partial charge in [0.1, 0.15) is 11.3 Å². The Hall–Kier alpha value is -1.56. The number of carbonyl (C=O) groups excluding carboxylic acids is 2. The number of anilines is 1. The minimum Gasteiger partial charge on any atom is -0.493 e. The van der Waals surface area contributed by atoms with Crippen LogP contribution >= 0.6 is 15.9 Å². The molecule has 1 N–H and O–H groups in total. The number of ether oxygens (including phenoxy) is 2. The highest BCUT2D eigenvalue weighted by Crippen LogP contribution is 2.25. The monoisotopic (exact) mass is 357 g/mol. The summed E-state index contributed by atoms with van der Waals surface area (Å²) < 4.78 is 9.71. The fraction of sp³-hybridized carbons (Fsp3) is 0.467. The van der Waals surface area contributed by atoms with Crippen LogP contribution in [-0.4, -0.2) is 29.4 Å². The smallest absolute Gasteiger partial charge is 0.341 e. The summed E-state index contributed by atoms with van der Waals surface area (Å²) in [5.74, 6) is -0.247. The van der Waals surface area contributed by atoms with E-state index >= 15 is 0 Å². The molecule has 116 valence electrons. The highest BCUT2D eigenvalue weighted by atomic mass is 79.9. The van der Waals surface area contributed by atoms with Gasteiger partial charge in [0.25, 0.3) is 0 Å². The zero-order valence-electron chi connectivity index (χ0n) is 12.7. The molecule has 0 unspecified atom stereocenters. The van der Waals surface area contributed by atoms with Gasteiger partial charge in [0.2, 0.25) is 5.91 Å². The van der Waals surface area contributed by atoms with Crippen molar-refractivity contribution in [1.29, 1.82) is 0 Å². The number of benzene rings is 1. The van der Waals surface area contributed by atoms with Gasteiger partial charge in [0.15, 0.2) is 0 Å². The zero-order valence-corrected chi connectivity index (χ0v) is 14.2. The molecular formula is C15H20BrNO4. The number of halogens is 1. The van der Waals surface area contributed by atoms with Crippen LogP contribution in [0.2, 0.25) is 0 Å². The fourth-order valence-corrected chi connectivity index (χ4v) is 1.64. The van der Waals surface area contributed by atoms with Crippen LogP contribution in [0.3, 0.4) is 0 Å². The summed E-state index contributed by atoms with van der Waals surface area (Å²) >= 11 is 3.28. The molecule has 6 heteroatoms. The number of esters is 1. The highest BCUT2D eigenvalue weighted by molar-refractivity contribution is 9.10. The third kappa shape index (κ3) is 5.04. The standard InChI is InChI=1S/C15H20BrNO4/c1-5-20-12-8-7-10(17-14(19)15(3,4)16)9-11(12)13(18)21-6-2/h7-9H,5-6H2,1-4H3,(H,17,19). The van der Waals surface area contributed by atoms with Gasteiger partial charge in [-0.05, 0) is 45.9 Å². The van der Waals surface area contributed by atoms with Gasteiger partial charge >= 0.3 is 5.97 Å². The first kappa shape index (κ1) is 17.5. The number of nitrogens with one attached hydrogen (secondary N) is 1. The molecule has 0 spiro atoms. The van der Waals surface area contributed by atoms with Gasteiger partial charge < -0.3 is 14.8 Å². The van der Waals surface area contributed by atoms with Crippen molar-refractivity contribution < 1.29 is 19.1 Å². The van der Waals surface area contributed by atoms with Gasteiger partial charge in [-0.2, -0.15) is 0 Å². The van der Waals surface area contributed by atoms with Crippen LogP contribution in [0.15, 0.2) is 18.2 Å². The zero-order chi connectivity index (χ0) is 16.0. The van der Waals surface area contributed by atoms with E-state index in [1.54, 1.807) is 39.0 Å². The number of rotatable bonds is 6. The summed E-state index contributed by atoms with van der Waals surface area (Å²) in [6, 6.07) is 4.89. The largest absolute Gasteiger partial charge is 0.493 e. The van der Waals surface area contributed by atoms with Gasteiger partial charge in [0, 0.05) is 5.69 Å². The molecule has 1 aromatic carbocycles. The van der Waals surface area contributed by atoms with Crippen molar-refractivity contribution in [2.45, 2.75) is 32.0 Å². The minimum absolute atomic E-state index is 0.207. The maximum atomic E-state index is 12.0. The highest BCUT2D eigenvalue weighted by Gasteiger charge is 2.24. The molecule has 0 saturated carbocycles. The molecule has 0 heterocycles. The maximum absolute atomic E-state index is 12.0. The Morgan fingerprint density at radius 2 is 1.90 bits per heavy atom. The Bertz CT molecular complexity index is 523. The van der Waals surface area contributed by atoms with Gasteiger partial charge in [-0.25, -0.2) is 4.79 Å². The molecule has 0 atom stereocenters. The van der Waals surface area contributed by atoms with Crippen LogP contribution in [-0.2, 0) is 9.53 Å². The van der Waals surface area contributed by atoms with Gasteiger partial charge in [-0.15, -0.1) is 0 Å². The molecule has 0 bridgehead atoms. The SMILES string of the molecule is CCOC(=O)c1cc(NC(=O)C(C)(C)Br)ccc1OCC. The molecule has 1 rings (SSSR count). The van der Waals surface area contributed by atoms with E-state index in [9.17, 15) is 9.59 Å². The molecule has 0 aromatic heterocycles. The Balaban J connectivity index is 3.06. The second-order valence-electron chi connectivity index (χ2n) is 4.79. The van der Waals surface area contributed by atoms with E-state index in [0.717, 1.165) is 0 Å². The minimum atomic E-state index is -0.699. The van der Waals surface area contributed by atoms with E-state index in [2.05, 4.69) is 21.2 Å². The summed E-state index contributed by atoms with van der Waals surface area (Å²) in [6.07, 6.45) is 0. The summed E-state index contributed by atoms with van der Waals surface area (Å²) in [6.45, 7) is 7.75. The Morgan fingerprint density at radius 1 is 1.24 bits per heavy atom. The van der Waals surface area contributed by atoms with E-state index in [1.165, 1.54) is 0 Å². The molecule has 21 heavy (non-hydrogen) atoms. The first-order valence-corrected chi connectivity index (χ1v) is 7.53. The quantitative estimate of drug-likeness (QED) is 0.626. The summed E-state index contributed by atoms with van der Waals surface area (Å²) in [5.41, 5.74) is 0.808. The summed E-state index contributed by atoms with van der Waals surface area (Å²) in [4.78, 5) is 23.9. The van der Waals surface area contributed by atoms with Crippen molar-refractivity contribution in [1.82, 2.24) is 0 Å². The van der Waals surface area contributed by atoms with Crippen LogP contribution in [0.1, 0.15) is 38.1 Å². The predicted octanol–water partition coefficient (Wildman–Crippen LogP) is 3.37. The molecule has 0 aliphatic heterocycles. The summed E-state index contributed by atoms with van der Waals surface area (Å²) in [5, 5.41) is 2.74. The maximum Gasteiger partial charge on any atom is 0.341 e. The lowest BCUT2D eigenvalue weighted by molar-refractivity contribution is -0.117. The topological polar surface area (TPSA) is 64.6 Å². The van der Waals surface area contributed by atoms with E-state index in [0.29, 0.717) is 23.6 Å². The number of amides is 1. The van der Waals surface area contributed by atoms with Crippen molar-refractivity contribution in [3.8, 4) is 5.75 Å². The second kappa shape index (κ2) is 7.45. The van der Waals surface area contributed by atoms with Crippen molar-refractivity contribution in [3.63, 3.8) is 0 Å². The van der Waals surface area contributed by atoms with Crippen LogP contribution in [0.25, 0.3) is 0 Å². The first-order chi connectivity index (χ1) is 9.79. The number of hydrogen-bond donors (Lipinski definition) is 1. The van der Waals surface area contributed by atoms with Crippen LogP contribution < -0.4 is 10.1 Å². The second-order valence-corrected chi connectivity index (χ2v) is 6.77. The summed E-state index contributed by atoms with van der Waals surface area (Å²) in [7, 11) is 0. The Labute approximate surface area is 133 Å². The normalized spacial score (nSPS) is 10.9. The molecule has 0 radical (unpaired) electrons. The molecule has 1 aromatic rings. The molecule has 0 saturated heterocycles. The lowest BCUT2D eigenvalue weighted by atomic mass is 10.1. The molecule has 0 fully saturated rings. The molecule has 1 amide bonds.